The van der Waals surface area contributed by atoms with Crippen molar-refractivity contribution >= 4 is 23.4 Å². The average molecular weight is 280 g/mol. The van der Waals surface area contributed by atoms with Gasteiger partial charge in [0.2, 0.25) is 5.91 Å². The van der Waals surface area contributed by atoms with Crippen molar-refractivity contribution in [1.82, 2.24) is 9.88 Å². The van der Waals surface area contributed by atoms with Gasteiger partial charge in [-0.2, -0.15) is 0 Å². The number of nitrogens with one attached hydrogen (secondary N) is 1. The van der Waals surface area contributed by atoms with Gasteiger partial charge in [-0.25, -0.2) is 9.78 Å². The molecule has 0 fully saturated rings. The van der Waals surface area contributed by atoms with Crippen LogP contribution < -0.4 is 11.1 Å². The second-order valence-corrected chi connectivity index (χ2v) is 4.14. The summed E-state index contributed by atoms with van der Waals surface area (Å²) in [5.41, 5.74) is 6.16. The van der Waals surface area contributed by atoms with E-state index in [1.54, 1.807) is 18.9 Å². The molecule has 7 nitrogen and oxygen atoms in total. The van der Waals surface area contributed by atoms with Crippen LogP contribution in [0.15, 0.2) is 12.3 Å². The second kappa shape index (κ2) is 7.32. The maximum absolute atomic E-state index is 11.7. The van der Waals surface area contributed by atoms with Gasteiger partial charge in [-0.05, 0) is 19.9 Å². The van der Waals surface area contributed by atoms with Crippen LogP contribution in [-0.2, 0) is 9.53 Å². The minimum Gasteiger partial charge on any atom is -0.462 e. The molecular weight excluding hydrogens is 260 g/mol. The fourth-order valence-electron chi connectivity index (χ4n) is 1.43. The smallest absolute Gasteiger partial charge is 0.340 e. The Morgan fingerprint density at radius 1 is 1.45 bits per heavy atom. The van der Waals surface area contributed by atoms with Crippen molar-refractivity contribution in [1.29, 1.82) is 0 Å². The Morgan fingerprint density at radius 2 is 2.15 bits per heavy atom. The zero-order chi connectivity index (χ0) is 15.1. The Balaban J connectivity index is 2.75. The Kier molecular flexibility index (Phi) is 5.76. The summed E-state index contributed by atoms with van der Waals surface area (Å²) in [4.78, 5) is 28.9. The maximum atomic E-state index is 11.7. The molecular formula is C13H20N4O3. The van der Waals surface area contributed by atoms with E-state index in [0.717, 1.165) is 0 Å². The lowest BCUT2D eigenvalue weighted by Crippen LogP contribution is -2.32. The van der Waals surface area contributed by atoms with Crippen molar-refractivity contribution in [3.63, 3.8) is 0 Å². The van der Waals surface area contributed by atoms with Gasteiger partial charge in [0.15, 0.2) is 0 Å². The van der Waals surface area contributed by atoms with Crippen LogP contribution in [0.25, 0.3) is 0 Å². The monoisotopic (exact) mass is 280 g/mol. The summed E-state index contributed by atoms with van der Waals surface area (Å²) in [6, 6.07) is 1.48. The highest BCUT2D eigenvalue weighted by molar-refractivity contribution is 5.95. The third kappa shape index (κ3) is 4.11. The Hall–Kier alpha value is -2.31. The average Bonchev–Trinajstić information content (AvgIpc) is 2.45. The molecule has 1 amide bonds. The van der Waals surface area contributed by atoms with Gasteiger partial charge in [-0.3, -0.25) is 4.79 Å². The molecule has 0 bridgehead atoms. The molecule has 0 aromatic carbocycles. The molecule has 0 atom stereocenters. The number of nitrogen functional groups attached to an aromatic ring is 1. The number of carbonyl (C=O) groups is 2. The lowest BCUT2D eigenvalue weighted by Gasteiger charge is -2.15. The minimum atomic E-state index is -0.507. The van der Waals surface area contributed by atoms with Crippen molar-refractivity contribution in [2.75, 3.05) is 37.8 Å². The van der Waals surface area contributed by atoms with Crippen molar-refractivity contribution in [3.8, 4) is 0 Å². The largest absolute Gasteiger partial charge is 0.462 e. The number of rotatable bonds is 6. The van der Waals surface area contributed by atoms with E-state index in [1.807, 2.05) is 6.92 Å². The van der Waals surface area contributed by atoms with Gasteiger partial charge in [0.25, 0.3) is 0 Å². The van der Waals surface area contributed by atoms with E-state index in [-0.39, 0.29) is 30.3 Å². The summed E-state index contributed by atoms with van der Waals surface area (Å²) in [7, 11) is 1.71. The zero-order valence-electron chi connectivity index (χ0n) is 12.0. The lowest BCUT2D eigenvalue weighted by atomic mass is 10.2. The molecule has 0 unspecified atom stereocenters. The van der Waals surface area contributed by atoms with Gasteiger partial charge in [-0.1, -0.05) is 0 Å². The van der Waals surface area contributed by atoms with E-state index in [2.05, 4.69) is 10.3 Å². The molecule has 1 rings (SSSR count). The molecule has 0 spiro atoms. The topological polar surface area (TPSA) is 97.5 Å². The number of anilines is 2. The highest BCUT2D eigenvalue weighted by atomic mass is 16.5. The highest BCUT2D eigenvalue weighted by Crippen LogP contribution is 2.15. The van der Waals surface area contributed by atoms with E-state index >= 15 is 0 Å². The highest BCUT2D eigenvalue weighted by Gasteiger charge is 2.13. The quantitative estimate of drug-likeness (QED) is 0.746. The van der Waals surface area contributed by atoms with Crippen LogP contribution in [0.4, 0.5) is 11.5 Å². The lowest BCUT2D eigenvalue weighted by molar-refractivity contribution is -0.127. The van der Waals surface area contributed by atoms with Crippen LogP contribution in [0.1, 0.15) is 24.2 Å². The summed E-state index contributed by atoms with van der Waals surface area (Å²) in [5, 5.41) is 2.86. The third-order valence-electron chi connectivity index (χ3n) is 2.75. The number of pyridine rings is 1. The SMILES string of the molecule is CCOC(=O)c1cc(NCC(=O)N(C)CC)ncc1N. The predicted molar refractivity (Wildman–Crippen MR) is 76.4 cm³/mol. The number of nitrogens with zero attached hydrogens (tertiary/aromatic N) is 2. The third-order valence-corrected chi connectivity index (χ3v) is 2.75. The molecule has 3 N–H and O–H groups in total. The number of amides is 1. The summed E-state index contributed by atoms with van der Waals surface area (Å²) in [6.07, 6.45) is 1.36. The van der Waals surface area contributed by atoms with Crippen LogP contribution in [0.5, 0.6) is 0 Å². The number of likely N-dealkylation sites (N-methyl/N-ethyl adjacent to an activating group) is 1. The number of aromatic nitrogens is 1. The van der Waals surface area contributed by atoms with Crippen molar-refractivity contribution in [2.45, 2.75) is 13.8 Å². The normalized spacial score (nSPS) is 9.95. The molecule has 0 saturated carbocycles. The molecule has 110 valence electrons. The predicted octanol–water partition coefficient (Wildman–Crippen LogP) is 0.731. The summed E-state index contributed by atoms with van der Waals surface area (Å²) < 4.78 is 4.90. The molecule has 1 heterocycles. The van der Waals surface area contributed by atoms with Crippen molar-refractivity contribution in [3.05, 3.63) is 17.8 Å². The van der Waals surface area contributed by atoms with Crippen LogP contribution >= 0.6 is 0 Å². The number of hydrogen-bond acceptors (Lipinski definition) is 6. The van der Waals surface area contributed by atoms with E-state index in [9.17, 15) is 9.59 Å². The number of nitrogens with two attached hydrogens (primary N) is 1. The summed E-state index contributed by atoms with van der Waals surface area (Å²) in [6.45, 7) is 4.60. The minimum absolute atomic E-state index is 0.0659. The van der Waals surface area contributed by atoms with E-state index < -0.39 is 5.97 Å². The fraction of sp³-hybridized carbons (Fsp3) is 0.462. The first-order chi connectivity index (χ1) is 9.49. The van der Waals surface area contributed by atoms with E-state index in [4.69, 9.17) is 10.5 Å². The Labute approximate surface area is 118 Å². The molecule has 1 aromatic heterocycles. The molecule has 0 saturated heterocycles. The molecule has 0 aliphatic carbocycles. The fourth-order valence-corrected chi connectivity index (χ4v) is 1.43. The second-order valence-electron chi connectivity index (χ2n) is 4.14. The first kappa shape index (κ1) is 15.7. The number of hydrogen-bond donors (Lipinski definition) is 2. The van der Waals surface area contributed by atoms with Gasteiger partial charge in [0.1, 0.15) is 5.82 Å². The van der Waals surface area contributed by atoms with Crippen LogP contribution in [0.3, 0.4) is 0 Å². The molecule has 20 heavy (non-hydrogen) atoms. The number of ether oxygens (including phenoxy) is 1. The molecule has 1 aromatic rings. The van der Waals surface area contributed by atoms with Crippen molar-refractivity contribution in [2.24, 2.45) is 0 Å². The number of carbonyl (C=O) groups excluding carboxylic acids is 2. The van der Waals surface area contributed by atoms with Crippen LogP contribution in [-0.4, -0.2) is 48.5 Å². The first-order valence-electron chi connectivity index (χ1n) is 6.40. The summed E-state index contributed by atoms with van der Waals surface area (Å²) in [5.74, 6) is -0.170. The molecule has 0 aliphatic heterocycles. The van der Waals surface area contributed by atoms with Crippen LogP contribution in [0.2, 0.25) is 0 Å². The maximum Gasteiger partial charge on any atom is 0.340 e. The molecule has 7 heteroatoms. The molecule has 0 radical (unpaired) electrons. The molecule has 0 aliphatic rings. The Morgan fingerprint density at radius 3 is 2.75 bits per heavy atom. The number of esters is 1. The van der Waals surface area contributed by atoms with Gasteiger partial charge in [-0.15, -0.1) is 0 Å². The van der Waals surface area contributed by atoms with Gasteiger partial charge in [0, 0.05) is 13.6 Å². The van der Waals surface area contributed by atoms with Gasteiger partial charge >= 0.3 is 5.97 Å². The van der Waals surface area contributed by atoms with Crippen LogP contribution in [0, 0.1) is 0 Å². The van der Waals surface area contributed by atoms with E-state index in [1.165, 1.54) is 12.3 Å². The van der Waals surface area contributed by atoms with Gasteiger partial charge < -0.3 is 20.7 Å². The van der Waals surface area contributed by atoms with Crippen molar-refractivity contribution < 1.29 is 14.3 Å². The zero-order valence-corrected chi connectivity index (χ0v) is 12.0. The Bertz CT molecular complexity index is 491. The standard InChI is InChI=1S/C13H20N4O3/c1-4-17(3)12(18)8-16-11-6-9(10(14)7-15-11)13(19)20-5-2/h6-7H,4-5,8,14H2,1-3H3,(H,15,16). The summed E-state index contributed by atoms with van der Waals surface area (Å²) >= 11 is 0. The first-order valence-corrected chi connectivity index (χ1v) is 6.40. The van der Waals surface area contributed by atoms with Gasteiger partial charge in [0.05, 0.1) is 30.6 Å². The van der Waals surface area contributed by atoms with E-state index in [0.29, 0.717) is 12.4 Å².